The van der Waals surface area contributed by atoms with Crippen molar-refractivity contribution in [1.82, 2.24) is 15.5 Å². The Morgan fingerprint density at radius 1 is 1.38 bits per heavy atom. The van der Waals surface area contributed by atoms with Gasteiger partial charge in [0.1, 0.15) is 11.8 Å². The molecule has 1 aliphatic rings. The zero-order valence-corrected chi connectivity index (χ0v) is 19.2. The van der Waals surface area contributed by atoms with Crippen LogP contribution < -0.4 is 10.1 Å². The summed E-state index contributed by atoms with van der Waals surface area (Å²) >= 11 is 0. The number of ether oxygens (including phenoxy) is 1. The summed E-state index contributed by atoms with van der Waals surface area (Å²) in [6, 6.07) is 13.5. The first-order valence-corrected chi connectivity index (χ1v) is 10.9. The molecular weight excluding hydrogens is 434 g/mol. The van der Waals surface area contributed by atoms with Crippen LogP contribution in [0.5, 0.6) is 5.75 Å². The van der Waals surface area contributed by atoms with Crippen LogP contribution in [0.4, 0.5) is 0 Å². The van der Waals surface area contributed by atoms with Crippen LogP contribution in [-0.2, 0) is 11.2 Å². The second kappa shape index (κ2) is 11.2. The number of nitriles is 1. The summed E-state index contributed by atoms with van der Waals surface area (Å²) in [5, 5.41) is 31.3. The van der Waals surface area contributed by atoms with E-state index >= 15 is 0 Å². The molecule has 34 heavy (non-hydrogen) atoms. The molecule has 0 radical (unpaired) electrons. The fraction of sp³-hybridized carbons (Fsp3) is 0.320. The van der Waals surface area contributed by atoms with E-state index < -0.39 is 5.97 Å². The Morgan fingerprint density at radius 2 is 2.18 bits per heavy atom. The Labute approximate surface area is 197 Å². The number of aliphatic carboxylic acids is 1. The third kappa shape index (κ3) is 5.47. The van der Waals surface area contributed by atoms with Gasteiger partial charge in [-0.25, -0.2) is 0 Å². The first-order valence-electron chi connectivity index (χ1n) is 10.9. The Bertz CT molecular complexity index is 1200. The molecule has 176 valence electrons. The molecule has 0 unspecified atom stereocenters. The lowest BCUT2D eigenvalue weighted by Crippen LogP contribution is -2.22. The van der Waals surface area contributed by atoms with Gasteiger partial charge in [0.25, 0.3) is 5.89 Å². The fourth-order valence-corrected chi connectivity index (χ4v) is 3.99. The van der Waals surface area contributed by atoms with Crippen molar-refractivity contribution in [2.45, 2.75) is 45.3 Å². The summed E-state index contributed by atoms with van der Waals surface area (Å²) in [6.45, 7) is 6.74. The van der Waals surface area contributed by atoms with Crippen molar-refractivity contribution in [2.24, 2.45) is 0 Å². The minimum atomic E-state index is -0.813. The Morgan fingerprint density at radius 3 is 2.88 bits per heavy atom. The van der Waals surface area contributed by atoms with Crippen molar-refractivity contribution in [3.8, 4) is 34.7 Å². The third-order valence-electron chi connectivity index (χ3n) is 5.38. The zero-order valence-electron chi connectivity index (χ0n) is 19.2. The molecule has 3 N–H and O–H groups in total. The van der Waals surface area contributed by atoms with E-state index in [1.165, 1.54) is 0 Å². The normalized spacial score (nSPS) is 14.1. The summed E-state index contributed by atoms with van der Waals surface area (Å²) in [6.07, 6.45) is 1.79. The second-order valence-corrected chi connectivity index (χ2v) is 7.97. The predicted molar refractivity (Wildman–Crippen MR) is 127 cm³/mol. The van der Waals surface area contributed by atoms with Crippen LogP contribution in [0.2, 0.25) is 0 Å². The number of aromatic nitrogens is 2. The van der Waals surface area contributed by atoms with Crippen LogP contribution in [-0.4, -0.2) is 40.6 Å². The number of hydrogen-bond acceptors (Lipinski definition) is 8. The van der Waals surface area contributed by atoms with Crippen molar-refractivity contribution in [1.29, 1.82) is 10.7 Å². The molecular formula is C25H27N5O4. The molecule has 0 fully saturated rings. The van der Waals surface area contributed by atoms with Gasteiger partial charge in [0, 0.05) is 23.7 Å². The van der Waals surface area contributed by atoms with Crippen molar-refractivity contribution >= 4 is 12.7 Å². The lowest BCUT2D eigenvalue weighted by atomic mass is 10.0. The topological polar surface area (TPSA) is 145 Å². The summed E-state index contributed by atoms with van der Waals surface area (Å²) in [7, 11) is 0. The van der Waals surface area contributed by atoms with Crippen LogP contribution >= 0.6 is 0 Å². The fourth-order valence-electron chi connectivity index (χ4n) is 3.99. The molecule has 1 atom stereocenters. The summed E-state index contributed by atoms with van der Waals surface area (Å²) in [5.41, 5.74) is 4.25. The van der Waals surface area contributed by atoms with Crippen LogP contribution in [0.15, 0.2) is 40.9 Å². The van der Waals surface area contributed by atoms with E-state index in [-0.39, 0.29) is 18.6 Å². The molecule has 9 nitrogen and oxygen atoms in total. The van der Waals surface area contributed by atoms with E-state index in [1.807, 2.05) is 26.0 Å². The third-order valence-corrected chi connectivity index (χ3v) is 5.38. The molecule has 1 aromatic heterocycles. The van der Waals surface area contributed by atoms with E-state index in [1.54, 1.807) is 18.2 Å². The van der Waals surface area contributed by atoms with Crippen molar-refractivity contribution in [2.75, 3.05) is 6.54 Å². The first kappa shape index (κ1) is 24.6. The Kier molecular flexibility index (Phi) is 8.11. The highest BCUT2D eigenvalue weighted by Gasteiger charge is 2.26. The van der Waals surface area contributed by atoms with E-state index in [9.17, 15) is 10.1 Å². The average molecular weight is 462 g/mol. The molecule has 0 saturated heterocycles. The molecule has 0 bridgehead atoms. The molecule has 0 aliphatic heterocycles. The molecule has 0 amide bonds. The van der Waals surface area contributed by atoms with Crippen molar-refractivity contribution in [3.63, 3.8) is 0 Å². The molecule has 2 aromatic carbocycles. The SMILES string of the molecule is C=N.CC(C)Oc1ccc(-c2nc(-c3cccc4c3CC[C@H]4NCCC(=O)O)no2)cc1C#N. The largest absolute Gasteiger partial charge is 0.490 e. The van der Waals surface area contributed by atoms with Crippen molar-refractivity contribution in [3.05, 3.63) is 53.1 Å². The maximum Gasteiger partial charge on any atom is 0.304 e. The van der Waals surface area contributed by atoms with E-state index in [4.69, 9.17) is 19.8 Å². The zero-order chi connectivity index (χ0) is 24.7. The predicted octanol–water partition coefficient (Wildman–Crippen LogP) is 4.38. The molecule has 1 heterocycles. The number of nitrogens with zero attached hydrogens (tertiary/aromatic N) is 3. The van der Waals surface area contributed by atoms with Gasteiger partial charge in [-0.05, 0) is 62.7 Å². The summed E-state index contributed by atoms with van der Waals surface area (Å²) in [4.78, 5) is 15.4. The Hall–Kier alpha value is -4.03. The lowest BCUT2D eigenvalue weighted by Gasteiger charge is -2.13. The second-order valence-electron chi connectivity index (χ2n) is 7.97. The quantitative estimate of drug-likeness (QED) is 0.419. The van der Waals surface area contributed by atoms with Crippen LogP contribution in [0.3, 0.4) is 0 Å². The lowest BCUT2D eigenvalue weighted by molar-refractivity contribution is -0.136. The van der Waals surface area contributed by atoms with E-state index in [2.05, 4.69) is 34.3 Å². The number of fused-ring (bicyclic) bond motifs is 1. The average Bonchev–Trinajstić information content (AvgIpc) is 3.48. The molecule has 0 spiro atoms. The Balaban J connectivity index is 0.00000158. The highest BCUT2D eigenvalue weighted by molar-refractivity contribution is 5.68. The van der Waals surface area contributed by atoms with Gasteiger partial charge < -0.3 is 25.1 Å². The van der Waals surface area contributed by atoms with Gasteiger partial charge in [0.05, 0.1) is 18.1 Å². The minimum Gasteiger partial charge on any atom is -0.490 e. The van der Waals surface area contributed by atoms with Crippen LogP contribution in [0.1, 0.15) is 49.4 Å². The molecule has 1 aliphatic carbocycles. The number of carboxylic acid groups (broad SMARTS) is 1. The van der Waals surface area contributed by atoms with E-state index in [0.29, 0.717) is 35.1 Å². The first-order chi connectivity index (χ1) is 16.5. The smallest absolute Gasteiger partial charge is 0.304 e. The molecule has 4 rings (SSSR count). The van der Waals surface area contributed by atoms with Gasteiger partial charge in [-0.1, -0.05) is 23.4 Å². The van der Waals surface area contributed by atoms with Gasteiger partial charge in [-0.15, -0.1) is 0 Å². The highest BCUT2D eigenvalue weighted by Crippen LogP contribution is 2.37. The van der Waals surface area contributed by atoms with Gasteiger partial charge >= 0.3 is 5.97 Å². The highest BCUT2D eigenvalue weighted by atomic mass is 16.5. The van der Waals surface area contributed by atoms with Crippen LogP contribution in [0.25, 0.3) is 22.8 Å². The van der Waals surface area contributed by atoms with Crippen LogP contribution in [0, 0.1) is 16.7 Å². The number of nitrogens with one attached hydrogen (secondary N) is 2. The van der Waals surface area contributed by atoms with Crippen molar-refractivity contribution < 1.29 is 19.2 Å². The molecule has 3 aromatic rings. The van der Waals surface area contributed by atoms with Gasteiger partial charge in [-0.2, -0.15) is 10.2 Å². The minimum absolute atomic E-state index is 0.0365. The van der Waals surface area contributed by atoms with E-state index in [0.717, 1.165) is 29.5 Å². The number of rotatable bonds is 8. The number of benzene rings is 2. The standard InChI is InChI=1S/C24H24N4O4.CH3N/c1-14(2)31-21-9-6-15(12-16(21)13-25)24-27-23(28-32-24)19-5-3-4-18-17(19)7-8-20(18)26-11-10-22(29)30;1-2/h3-6,9,12,14,20,26H,7-8,10-11H2,1-2H3,(H,29,30);2H,1H2/t20-;/m1./s1. The summed E-state index contributed by atoms with van der Waals surface area (Å²) in [5.74, 6) is 0.531. The molecule has 0 saturated carbocycles. The summed E-state index contributed by atoms with van der Waals surface area (Å²) < 4.78 is 11.2. The van der Waals surface area contributed by atoms with Gasteiger partial charge in [0.15, 0.2) is 0 Å². The number of carboxylic acids is 1. The number of carbonyl (C=O) groups is 1. The maximum absolute atomic E-state index is 10.8. The number of hydrogen-bond donors (Lipinski definition) is 3. The molecule has 9 heteroatoms. The monoisotopic (exact) mass is 461 g/mol. The van der Waals surface area contributed by atoms with Gasteiger partial charge in [0.2, 0.25) is 5.82 Å². The maximum atomic E-state index is 10.8. The van der Waals surface area contributed by atoms with Gasteiger partial charge in [-0.3, -0.25) is 4.79 Å².